The van der Waals surface area contributed by atoms with Gasteiger partial charge in [0, 0.05) is 12.5 Å². The molecule has 0 spiro atoms. The summed E-state index contributed by atoms with van der Waals surface area (Å²) in [5.41, 5.74) is 1.47. The molecule has 1 fully saturated rings. The second-order valence-electron chi connectivity index (χ2n) is 9.88. The monoisotopic (exact) mass is 501 g/mol. The van der Waals surface area contributed by atoms with Gasteiger partial charge in [-0.15, -0.1) is 0 Å². The summed E-state index contributed by atoms with van der Waals surface area (Å²) in [6.45, 7) is 0.729. The number of rotatable bonds is 9. The Bertz CT molecular complexity index is 1170. The number of ether oxygens (including phenoxy) is 3. The van der Waals surface area contributed by atoms with E-state index < -0.39 is 11.6 Å². The molecule has 4 rings (SSSR count). The van der Waals surface area contributed by atoms with Crippen molar-refractivity contribution in [1.29, 1.82) is 0 Å². The van der Waals surface area contributed by atoms with Crippen molar-refractivity contribution in [2.24, 2.45) is 0 Å². The van der Waals surface area contributed by atoms with Crippen LogP contribution in [0.25, 0.3) is 0 Å². The van der Waals surface area contributed by atoms with Crippen molar-refractivity contribution in [3.05, 3.63) is 95.6 Å². The number of carbonyl (C=O) groups is 2. The zero-order valence-electron chi connectivity index (χ0n) is 21.8. The molecule has 0 bridgehead atoms. The Kier molecular flexibility index (Phi) is 8.62. The standard InChI is InChI=1S/C31H35NO5/c1-32(2)22-28(31(20-8-5-9-21-31)37-30(34)24-10-6-4-7-11-24)23-12-18-27(19-13-23)36-29(33)25-14-16-26(35-3)17-15-25/h4,6-7,10-19,28H,5,8-9,20-22H2,1-3H3. The van der Waals surface area contributed by atoms with Crippen molar-refractivity contribution in [2.75, 3.05) is 27.7 Å². The zero-order chi connectivity index (χ0) is 26.3. The molecule has 6 heteroatoms. The van der Waals surface area contributed by atoms with Crippen LogP contribution in [0.4, 0.5) is 0 Å². The summed E-state index contributed by atoms with van der Waals surface area (Å²) in [5, 5.41) is 0. The predicted molar refractivity (Wildman–Crippen MR) is 143 cm³/mol. The van der Waals surface area contributed by atoms with Gasteiger partial charge in [0.25, 0.3) is 0 Å². The van der Waals surface area contributed by atoms with E-state index in [1.807, 2.05) is 56.6 Å². The summed E-state index contributed by atoms with van der Waals surface area (Å²) in [7, 11) is 5.65. The molecule has 0 aromatic heterocycles. The quantitative estimate of drug-likeness (QED) is 0.260. The molecule has 37 heavy (non-hydrogen) atoms. The number of esters is 2. The summed E-state index contributed by atoms with van der Waals surface area (Å²) in [5.74, 6) is 0.406. The smallest absolute Gasteiger partial charge is 0.343 e. The topological polar surface area (TPSA) is 65.1 Å². The van der Waals surface area contributed by atoms with E-state index in [1.54, 1.807) is 43.5 Å². The molecule has 194 valence electrons. The molecule has 0 radical (unpaired) electrons. The van der Waals surface area contributed by atoms with Crippen LogP contribution in [0.2, 0.25) is 0 Å². The van der Waals surface area contributed by atoms with Crippen LogP contribution >= 0.6 is 0 Å². The summed E-state index contributed by atoms with van der Waals surface area (Å²) >= 11 is 0. The molecule has 1 unspecified atom stereocenters. The first-order valence-electron chi connectivity index (χ1n) is 12.8. The summed E-state index contributed by atoms with van der Waals surface area (Å²) in [4.78, 5) is 27.9. The molecule has 0 heterocycles. The summed E-state index contributed by atoms with van der Waals surface area (Å²) in [6.07, 6.45) is 4.81. The maximum absolute atomic E-state index is 13.2. The summed E-state index contributed by atoms with van der Waals surface area (Å²) in [6, 6.07) is 23.6. The van der Waals surface area contributed by atoms with Crippen molar-refractivity contribution >= 4 is 11.9 Å². The van der Waals surface area contributed by atoms with Gasteiger partial charge in [-0.05, 0) is 93.9 Å². The molecule has 0 amide bonds. The largest absolute Gasteiger partial charge is 0.497 e. The highest BCUT2D eigenvalue weighted by Gasteiger charge is 2.44. The molecule has 0 N–H and O–H groups in total. The Morgan fingerprint density at radius 3 is 1.97 bits per heavy atom. The van der Waals surface area contributed by atoms with Crippen LogP contribution in [0.15, 0.2) is 78.9 Å². The Morgan fingerprint density at radius 2 is 1.38 bits per heavy atom. The van der Waals surface area contributed by atoms with E-state index >= 15 is 0 Å². The third-order valence-corrected chi connectivity index (χ3v) is 7.01. The lowest BCUT2D eigenvalue weighted by Crippen LogP contribution is -2.46. The van der Waals surface area contributed by atoms with Crippen LogP contribution in [0.5, 0.6) is 11.5 Å². The van der Waals surface area contributed by atoms with Crippen molar-refractivity contribution in [3.8, 4) is 11.5 Å². The maximum atomic E-state index is 13.2. The molecule has 3 aromatic carbocycles. The van der Waals surface area contributed by atoms with Crippen LogP contribution in [0, 0.1) is 0 Å². The second-order valence-corrected chi connectivity index (χ2v) is 9.88. The lowest BCUT2D eigenvalue weighted by molar-refractivity contribution is -0.0575. The van der Waals surface area contributed by atoms with Gasteiger partial charge in [0.2, 0.25) is 0 Å². The highest BCUT2D eigenvalue weighted by atomic mass is 16.6. The molecule has 1 saturated carbocycles. The van der Waals surface area contributed by atoms with E-state index in [0.717, 1.165) is 44.2 Å². The third-order valence-electron chi connectivity index (χ3n) is 7.01. The lowest BCUT2D eigenvalue weighted by Gasteiger charge is -2.44. The average molecular weight is 502 g/mol. The van der Waals surface area contributed by atoms with Gasteiger partial charge in [0.1, 0.15) is 17.1 Å². The van der Waals surface area contributed by atoms with Crippen molar-refractivity contribution < 1.29 is 23.8 Å². The SMILES string of the molecule is COc1ccc(C(=O)Oc2ccc(C(CN(C)C)C3(OC(=O)c4ccccc4)CCCCC3)cc2)cc1. The van der Waals surface area contributed by atoms with Crippen molar-refractivity contribution in [3.63, 3.8) is 0 Å². The van der Waals surface area contributed by atoms with E-state index in [4.69, 9.17) is 14.2 Å². The number of hydrogen-bond donors (Lipinski definition) is 0. The number of nitrogens with zero attached hydrogens (tertiary/aromatic N) is 1. The van der Waals surface area contributed by atoms with Crippen LogP contribution in [-0.4, -0.2) is 50.2 Å². The first kappa shape index (κ1) is 26.4. The highest BCUT2D eigenvalue weighted by Crippen LogP contribution is 2.44. The minimum absolute atomic E-state index is 0.0261. The van der Waals surface area contributed by atoms with E-state index in [2.05, 4.69) is 4.90 Å². The number of methoxy groups -OCH3 is 1. The second kappa shape index (κ2) is 12.1. The Balaban J connectivity index is 1.57. The molecule has 1 aliphatic carbocycles. The van der Waals surface area contributed by atoms with Crippen LogP contribution in [-0.2, 0) is 4.74 Å². The Labute approximate surface area is 219 Å². The molecule has 6 nitrogen and oxygen atoms in total. The zero-order valence-corrected chi connectivity index (χ0v) is 21.8. The number of likely N-dealkylation sites (N-methyl/N-ethyl adjacent to an activating group) is 1. The van der Waals surface area contributed by atoms with E-state index in [0.29, 0.717) is 22.6 Å². The fraction of sp³-hybridized carbons (Fsp3) is 0.355. The predicted octanol–water partition coefficient (Wildman–Crippen LogP) is 6.12. The van der Waals surface area contributed by atoms with E-state index in [-0.39, 0.29) is 11.9 Å². The molecule has 0 saturated heterocycles. The Morgan fingerprint density at radius 1 is 0.784 bits per heavy atom. The van der Waals surface area contributed by atoms with Gasteiger partial charge in [-0.3, -0.25) is 0 Å². The fourth-order valence-corrected chi connectivity index (χ4v) is 5.09. The molecule has 3 aromatic rings. The fourth-order valence-electron chi connectivity index (χ4n) is 5.09. The van der Waals surface area contributed by atoms with Crippen LogP contribution in [0.3, 0.4) is 0 Å². The number of hydrogen-bond acceptors (Lipinski definition) is 6. The first-order chi connectivity index (χ1) is 17.9. The minimum Gasteiger partial charge on any atom is -0.497 e. The van der Waals surface area contributed by atoms with Gasteiger partial charge >= 0.3 is 11.9 Å². The molecule has 1 atom stereocenters. The maximum Gasteiger partial charge on any atom is 0.343 e. The number of benzene rings is 3. The summed E-state index contributed by atoms with van der Waals surface area (Å²) < 4.78 is 17.2. The molecule has 1 aliphatic rings. The molecule has 0 aliphatic heterocycles. The number of carbonyl (C=O) groups excluding carboxylic acids is 2. The van der Waals surface area contributed by atoms with Crippen molar-refractivity contribution in [1.82, 2.24) is 4.90 Å². The van der Waals surface area contributed by atoms with Gasteiger partial charge in [0.05, 0.1) is 18.2 Å². The first-order valence-corrected chi connectivity index (χ1v) is 12.8. The lowest BCUT2D eigenvalue weighted by atomic mass is 9.72. The Hall–Kier alpha value is -3.64. The molecular formula is C31H35NO5. The van der Waals surface area contributed by atoms with Gasteiger partial charge < -0.3 is 19.1 Å². The third kappa shape index (κ3) is 6.57. The van der Waals surface area contributed by atoms with Gasteiger partial charge in [-0.1, -0.05) is 36.8 Å². The van der Waals surface area contributed by atoms with Crippen LogP contribution < -0.4 is 9.47 Å². The highest BCUT2D eigenvalue weighted by molar-refractivity contribution is 5.91. The minimum atomic E-state index is -0.600. The van der Waals surface area contributed by atoms with Gasteiger partial charge in [0.15, 0.2) is 0 Å². The molecular weight excluding hydrogens is 466 g/mol. The van der Waals surface area contributed by atoms with Gasteiger partial charge in [-0.25, -0.2) is 9.59 Å². The van der Waals surface area contributed by atoms with Crippen molar-refractivity contribution in [2.45, 2.75) is 43.6 Å². The van der Waals surface area contributed by atoms with E-state index in [9.17, 15) is 9.59 Å². The van der Waals surface area contributed by atoms with E-state index in [1.165, 1.54) is 0 Å². The van der Waals surface area contributed by atoms with Gasteiger partial charge in [-0.2, -0.15) is 0 Å². The van der Waals surface area contributed by atoms with Crippen LogP contribution in [0.1, 0.15) is 64.3 Å². The average Bonchev–Trinajstić information content (AvgIpc) is 2.93. The normalized spacial score (nSPS) is 15.6.